The zero-order valence-corrected chi connectivity index (χ0v) is 25.8. The van der Waals surface area contributed by atoms with Gasteiger partial charge in [-0.05, 0) is 53.0 Å². The summed E-state index contributed by atoms with van der Waals surface area (Å²) in [6.45, 7) is 22.2. The molecule has 3 nitrogen and oxygen atoms in total. The van der Waals surface area contributed by atoms with E-state index in [4.69, 9.17) is 0 Å². The summed E-state index contributed by atoms with van der Waals surface area (Å²) in [6, 6.07) is 13.5. The van der Waals surface area contributed by atoms with Gasteiger partial charge >= 0.3 is 17.1 Å². The van der Waals surface area contributed by atoms with Crippen LogP contribution in [0.4, 0.5) is 11.4 Å². The van der Waals surface area contributed by atoms with Crippen LogP contribution in [-0.2, 0) is 17.1 Å². The molecule has 0 amide bonds. The van der Waals surface area contributed by atoms with Crippen molar-refractivity contribution in [1.82, 2.24) is 4.90 Å². The molecule has 0 bridgehead atoms. The quantitative estimate of drug-likeness (QED) is 0.384. The maximum absolute atomic E-state index is 3.77. The van der Waals surface area contributed by atoms with Crippen molar-refractivity contribution in [3.8, 4) is 0 Å². The Balaban J connectivity index is 0. The fourth-order valence-corrected chi connectivity index (χ4v) is 4.37. The van der Waals surface area contributed by atoms with Crippen LogP contribution >= 0.6 is 0 Å². The number of para-hydroxylation sites is 2. The average Bonchev–Trinajstić information content (AvgIpc) is 2.73. The molecule has 2 aromatic rings. The summed E-state index contributed by atoms with van der Waals surface area (Å²) >= 11 is 0. The van der Waals surface area contributed by atoms with Gasteiger partial charge in [-0.3, -0.25) is 0 Å². The minimum Gasteiger partial charge on any atom is -1.00 e. The molecule has 2 N–H and O–H groups in total. The second-order valence-corrected chi connectivity index (χ2v) is 10.4. The molecule has 0 fully saturated rings. The number of nitrogens with one attached hydrogen (secondary N) is 2. The molecule has 0 aliphatic heterocycles. The second-order valence-electron chi connectivity index (χ2n) is 10.4. The van der Waals surface area contributed by atoms with E-state index in [1.54, 1.807) is 0 Å². The first kappa shape index (κ1) is 36.3. The third kappa shape index (κ3) is 10.5. The van der Waals surface area contributed by atoms with E-state index < -0.39 is 0 Å². The number of halogens is 2. The van der Waals surface area contributed by atoms with Gasteiger partial charge in [-0.2, -0.15) is 0 Å². The van der Waals surface area contributed by atoms with Crippen LogP contribution in [0.15, 0.2) is 36.4 Å². The van der Waals surface area contributed by atoms with Gasteiger partial charge < -0.3 is 40.3 Å². The summed E-state index contributed by atoms with van der Waals surface area (Å²) < 4.78 is 0. The minimum atomic E-state index is 0. The van der Waals surface area contributed by atoms with E-state index >= 15 is 0 Å². The Morgan fingerprint density at radius 1 is 0.571 bits per heavy atom. The topological polar surface area (TPSA) is 27.3 Å². The SMILES string of the molecule is CC(C)c1cccc(C(C)C)c1NCCN(C)CCNc1c(C(C)C)cccc1C(C)C.[Cl-].[Cl-].[Fe+2]. The molecule has 0 spiro atoms. The second kappa shape index (κ2) is 17.5. The molecule has 0 saturated heterocycles. The predicted octanol–water partition coefficient (Wildman–Crippen LogP) is 1.64. The van der Waals surface area contributed by atoms with Crippen molar-refractivity contribution >= 4 is 11.4 Å². The Hall–Kier alpha value is -0.901. The van der Waals surface area contributed by atoms with Gasteiger partial charge in [0.15, 0.2) is 0 Å². The molecule has 0 aliphatic rings. The number of hydrogen-bond donors (Lipinski definition) is 2. The monoisotopic (exact) mass is 563 g/mol. The van der Waals surface area contributed by atoms with Crippen molar-refractivity contribution in [3.63, 3.8) is 0 Å². The molecular weight excluding hydrogens is 517 g/mol. The Morgan fingerprint density at radius 2 is 0.829 bits per heavy atom. The number of hydrogen-bond acceptors (Lipinski definition) is 3. The molecule has 6 heteroatoms. The van der Waals surface area contributed by atoms with Gasteiger partial charge in [0.25, 0.3) is 0 Å². The summed E-state index contributed by atoms with van der Waals surface area (Å²) in [6.07, 6.45) is 0. The summed E-state index contributed by atoms with van der Waals surface area (Å²) in [5.74, 6) is 2.09. The van der Waals surface area contributed by atoms with E-state index in [0.717, 1.165) is 26.2 Å². The molecule has 0 radical (unpaired) electrons. The van der Waals surface area contributed by atoms with Crippen LogP contribution in [0.2, 0.25) is 0 Å². The van der Waals surface area contributed by atoms with E-state index in [-0.39, 0.29) is 41.9 Å². The first-order chi connectivity index (χ1) is 15.1. The van der Waals surface area contributed by atoms with Crippen LogP contribution in [0.1, 0.15) is 101 Å². The van der Waals surface area contributed by atoms with Crippen LogP contribution in [0, 0.1) is 0 Å². The van der Waals surface area contributed by atoms with Crippen LogP contribution in [0.25, 0.3) is 0 Å². The summed E-state index contributed by atoms with van der Waals surface area (Å²) in [4.78, 5) is 2.42. The zero-order chi connectivity index (χ0) is 23.8. The largest absolute Gasteiger partial charge is 2.00 e. The van der Waals surface area contributed by atoms with Gasteiger partial charge in [0, 0.05) is 37.6 Å². The number of benzene rings is 2. The van der Waals surface area contributed by atoms with Gasteiger partial charge in [-0.25, -0.2) is 0 Å². The number of anilines is 2. The number of nitrogens with zero attached hydrogens (tertiary/aromatic N) is 1. The molecule has 0 unspecified atom stereocenters. The maximum atomic E-state index is 3.77. The Bertz CT molecular complexity index is 732. The molecule has 0 aromatic heterocycles. The van der Waals surface area contributed by atoms with Crippen molar-refractivity contribution < 1.29 is 41.9 Å². The van der Waals surface area contributed by atoms with Crippen LogP contribution in [0.5, 0.6) is 0 Å². The third-order valence-corrected chi connectivity index (χ3v) is 6.34. The normalized spacial score (nSPS) is 10.9. The van der Waals surface area contributed by atoms with Crippen molar-refractivity contribution in [2.24, 2.45) is 0 Å². The predicted molar refractivity (Wildman–Crippen MR) is 144 cm³/mol. The van der Waals surface area contributed by atoms with Crippen LogP contribution in [0.3, 0.4) is 0 Å². The van der Waals surface area contributed by atoms with Crippen LogP contribution < -0.4 is 35.4 Å². The molecule has 0 aliphatic carbocycles. The zero-order valence-electron chi connectivity index (χ0n) is 23.2. The van der Waals surface area contributed by atoms with Crippen molar-refractivity contribution in [3.05, 3.63) is 58.7 Å². The standard InChI is InChI=1S/C29H47N3.2ClH.Fe/c1-20(2)24-12-10-13-25(21(3)4)28(24)30-16-18-32(9)19-17-31-29-26(22(5)6)14-11-15-27(29)23(7)8;;;/h10-15,20-23,30-31H,16-19H2,1-9H3;2*1H;/q;;;+2/p-2. The van der Waals surface area contributed by atoms with E-state index in [1.807, 2.05) is 0 Å². The fourth-order valence-electron chi connectivity index (χ4n) is 4.37. The van der Waals surface area contributed by atoms with Gasteiger partial charge in [-0.1, -0.05) is 91.8 Å². The van der Waals surface area contributed by atoms with Gasteiger partial charge in [0.2, 0.25) is 0 Å². The Morgan fingerprint density at radius 3 is 1.06 bits per heavy atom. The molecule has 2 rings (SSSR count). The molecule has 2 aromatic carbocycles. The van der Waals surface area contributed by atoms with Gasteiger partial charge in [0.05, 0.1) is 0 Å². The molecule has 0 atom stereocenters. The van der Waals surface area contributed by atoms with Gasteiger partial charge in [0.1, 0.15) is 0 Å². The van der Waals surface area contributed by atoms with Crippen molar-refractivity contribution in [1.29, 1.82) is 0 Å². The summed E-state index contributed by atoms with van der Waals surface area (Å²) in [7, 11) is 2.22. The molecular formula is C29H47Cl2FeN3. The average molecular weight is 564 g/mol. The smallest absolute Gasteiger partial charge is 1.00 e. The first-order valence-electron chi connectivity index (χ1n) is 12.5. The van der Waals surface area contributed by atoms with Gasteiger partial charge in [-0.15, -0.1) is 0 Å². The van der Waals surface area contributed by atoms with Crippen molar-refractivity contribution in [2.75, 3.05) is 43.9 Å². The molecule has 35 heavy (non-hydrogen) atoms. The van der Waals surface area contributed by atoms with E-state index in [2.05, 4.69) is 114 Å². The summed E-state index contributed by atoms with van der Waals surface area (Å²) in [5, 5.41) is 7.54. The molecule has 0 saturated carbocycles. The molecule has 200 valence electrons. The van der Waals surface area contributed by atoms with Crippen LogP contribution in [-0.4, -0.2) is 38.1 Å². The number of likely N-dealkylation sites (N-methyl/N-ethyl adjacent to an activating group) is 1. The van der Waals surface area contributed by atoms with E-state index in [0.29, 0.717) is 23.7 Å². The fraction of sp³-hybridized carbons (Fsp3) is 0.586. The Labute approximate surface area is 238 Å². The van der Waals surface area contributed by atoms with E-state index in [1.165, 1.54) is 33.6 Å². The van der Waals surface area contributed by atoms with E-state index in [9.17, 15) is 0 Å². The number of rotatable bonds is 12. The third-order valence-electron chi connectivity index (χ3n) is 6.34. The Kier molecular flexibility index (Phi) is 18.2. The maximum Gasteiger partial charge on any atom is 2.00 e. The van der Waals surface area contributed by atoms with Crippen molar-refractivity contribution in [2.45, 2.75) is 79.1 Å². The molecule has 0 heterocycles. The summed E-state index contributed by atoms with van der Waals surface area (Å²) in [5.41, 5.74) is 8.38. The minimum absolute atomic E-state index is 0. The first-order valence-corrected chi connectivity index (χ1v) is 12.5.